The van der Waals surface area contributed by atoms with Crippen molar-refractivity contribution in [3.8, 4) is 28.4 Å². The fourth-order valence-corrected chi connectivity index (χ4v) is 2.52. The summed E-state index contributed by atoms with van der Waals surface area (Å²) in [5.74, 6) is 0.995. The van der Waals surface area contributed by atoms with E-state index in [0.717, 1.165) is 6.07 Å². The quantitative estimate of drug-likeness (QED) is 0.619. The van der Waals surface area contributed by atoms with Crippen molar-refractivity contribution in [2.24, 2.45) is 0 Å². The van der Waals surface area contributed by atoms with Crippen molar-refractivity contribution in [2.45, 2.75) is 6.18 Å². The van der Waals surface area contributed by atoms with Gasteiger partial charge < -0.3 is 9.47 Å². The highest BCUT2D eigenvalue weighted by molar-refractivity contribution is 5.77. The number of para-hydroxylation sites is 1. The van der Waals surface area contributed by atoms with Crippen molar-refractivity contribution in [1.82, 2.24) is 4.98 Å². The van der Waals surface area contributed by atoms with Gasteiger partial charge in [-0.25, -0.2) is 0 Å². The third-order valence-corrected chi connectivity index (χ3v) is 3.57. The van der Waals surface area contributed by atoms with Crippen LogP contribution in [0, 0.1) is 0 Å². The maximum Gasteiger partial charge on any atom is 0.417 e. The van der Waals surface area contributed by atoms with Gasteiger partial charge in [0.15, 0.2) is 11.5 Å². The molecule has 0 spiro atoms. The second kappa shape index (κ2) is 6.84. The van der Waals surface area contributed by atoms with Gasteiger partial charge in [0.05, 0.1) is 18.9 Å². The molecule has 128 valence electrons. The minimum atomic E-state index is -4.47. The zero-order valence-corrected chi connectivity index (χ0v) is 13.2. The van der Waals surface area contributed by atoms with Crippen molar-refractivity contribution in [3.63, 3.8) is 0 Å². The molecule has 0 atom stereocenters. The molecule has 0 bridgehead atoms. The lowest BCUT2D eigenvalue weighted by Crippen LogP contribution is -2.07. The molecular weight excluding hydrogens is 331 g/mol. The maximum atomic E-state index is 13.3. The van der Waals surface area contributed by atoms with Crippen LogP contribution in [0.25, 0.3) is 11.1 Å². The summed E-state index contributed by atoms with van der Waals surface area (Å²) in [5.41, 5.74) is -0.396. The standard InChI is InChI=1S/C19H14F3NO2/c1-24-18-15(14-7-2-3-9-16(14)19(20,21)22)8-4-10-17(18)25-13-6-5-11-23-12-13/h2-12H,1H3. The topological polar surface area (TPSA) is 31.4 Å². The van der Waals surface area contributed by atoms with Gasteiger partial charge in [-0.1, -0.05) is 30.3 Å². The number of benzene rings is 2. The lowest BCUT2D eigenvalue weighted by Gasteiger charge is -2.17. The predicted molar refractivity (Wildman–Crippen MR) is 87.7 cm³/mol. The summed E-state index contributed by atoms with van der Waals surface area (Å²) < 4.78 is 51.1. The summed E-state index contributed by atoms with van der Waals surface area (Å²) in [7, 11) is 1.39. The molecule has 1 aromatic heterocycles. The van der Waals surface area contributed by atoms with Crippen LogP contribution in [0.4, 0.5) is 13.2 Å². The second-order valence-corrected chi connectivity index (χ2v) is 5.17. The lowest BCUT2D eigenvalue weighted by molar-refractivity contribution is -0.137. The average molecular weight is 345 g/mol. The maximum absolute atomic E-state index is 13.3. The summed E-state index contributed by atoms with van der Waals surface area (Å²) in [5, 5.41) is 0. The highest BCUT2D eigenvalue weighted by atomic mass is 19.4. The monoisotopic (exact) mass is 345 g/mol. The van der Waals surface area contributed by atoms with Gasteiger partial charge in [-0.05, 0) is 29.8 Å². The van der Waals surface area contributed by atoms with E-state index in [4.69, 9.17) is 9.47 Å². The number of aromatic nitrogens is 1. The molecule has 3 rings (SSSR count). The molecule has 2 aromatic carbocycles. The van der Waals surface area contributed by atoms with Crippen LogP contribution in [0.2, 0.25) is 0 Å². The van der Waals surface area contributed by atoms with Gasteiger partial charge in [0.1, 0.15) is 5.75 Å². The number of hydrogen-bond acceptors (Lipinski definition) is 3. The highest BCUT2D eigenvalue weighted by Gasteiger charge is 2.34. The molecule has 0 aliphatic heterocycles. The van der Waals surface area contributed by atoms with E-state index in [1.807, 2.05) is 0 Å². The van der Waals surface area contributed by atoms with Gasteiger partial charge in [-0.15, -0.1) is 0 Å². The Morgan fingerprint density at radius 1 is 0.880 bits per heavy atom. The van der Waals surface area contributed by atoms with Crippen molar-refractivity contribution in [2.75, 3.05) is 7.11 Å². The van der Waals surface area contributed by atoms with E-state index in [1.165, 1.54) is 25.4 Å². The third kappa shape index (κ3) is 3.57. The molecule has 6 heteroatoms. The largest absolute Gasteiger partial charge is 0.492 e. The molecule has 0 aliphatic rings. The lowest BCUT2D eigenvalue weighted by atomic mass is 9.98. The van der Waals surface area contributed by atoms with E-state index in [9.17, 15) is 13.2 Å². The molecule has 0 fully saturated rings. The number of alkyl halides is 3. The SMILES string of the molecule is COc1c(Oc2cccnc2)cccc1-c1ccccc1C(F)(F)F. The molecule has 0 N–H and O–H groups in total. The number of hydrogen-bond donors (Lipinski definition) is 0. The van der Waals surface area contributed by atoms with Crippen LogP contribution >= 0.6 is 0 Å². The van der Waals surface area contributed by atoms with E-state index in [2.05, 4.69) is 4.98 Å². The first-order valence-corrected chi connectivity index (χ1v) is 7.42. The van der Waals surface area contributed by atoms with Gasteiger partial charge in [-0.3, -0.25) is 4.98 Å². The minimum Gasteiger partial charge on any atom is -0.492 e. The van der Waals surface area contributed by atoms with E-state index in [0.29, 0.717) is 17.1 Å². The van der Waals surface area contributed by atoms with Crippen LogP contribution in [0.1, 0.15) is 5.56 Å². The van der Waals surface area contributed by atoms with Gasteiger partial charge in [0.25, 0.3) is 0 Å². The molecule has 1 heterocycles. The summed E-state index contributed by atoms with van der Waals surface area (Å²) in [6.45, 7) is 0. The zero-order chi connectivity index (χ0) is 17.9. The fourth-order valence-electron chi connectivity index (χ4n) is 2.52. The Kier molecular flexibility index (Phi) is 4.61. The molecule has 25 heavy (non-hydrogen) atoms. The molecule has 0 amide bonds. The van der Waals surface area contributed by atoms with Crippen molar-refractivity contribution >= 4 is 0 Å². The van der Waals surface area contributed by atoms with Crippen LogP contribution in [-0.4, -0.2) is 12.1 Å². The molecule has 3 aromatic rings. The molecule has 0 unspecified atom stereocenters. The Hall–Kier alpha value is -3.02. The van der Waals surface area contributed by atoms with Crippen LogP contribution < -0.4 is 9.47 Å². The average Bonchev–Trinajstić information content (AvgIpc) is 2.62. The fraction of sp³-hybridized carbons (Fsp3) is 0.105. The number of ether oxygens (including phenoxy) is 2. The first-order chi connectivity index (χ1) is 12.0. The van der Waals surface area contributed by atoms with Gasteiger partial charge in [-0.2, -0.15) is 13.2 Å². The van der Waals surface area contributed by atoms with Crippen LogP contribution in [0.3, 0.4) is 0 Å². The molecule has 0 saturated carbocycles. The summed E-state index contributed by atoms with van der Waals surface area (Å²) in [4.78, 5) is 3.95. The van der Waals surface area contributed by atoms with E-state index < -0.39 is 11.7 Å². The molecule has 0 saturated heterocycles. The Morgan fingerprint density at radius 2 is 1.64 bits per heavy atom. The van der Waals surface area contributed by atoms with E-state index >= 15 is 0 Å². The summed E-state index contributed by atoms with van der Waals surface area (Å²) in [6, 6.07) is 13.6. The van der Waals surface area contributed by atoms with Crippen molar-refractivity contribution in [1.29, 1.82) is 0 Å². The van der Waals surface area contributed by atoms with Crippen LogP contribution in [-0.2, 0) is 6.18 Å². The third-order valence-electron chi connectivity index (χ3n) is 3.57. The number of halogens is 3. The Morgan fingerprint density at radius 3 is 2.32 bits per heavy atom. The van der Waals surface area contributed by atoms with E-state index in [1.54, 1.807) is 42.6 Å². The van der Waals surface area contributed by atoms with Crippen molar-refractivity contribution in [3.05, 3.63) is 72.6 Å². The number of methoxy groups -OCH3 is 1. The Labute approximate surface area is 142 Å². The van der Waals surface area contributed by atoms with Gasteiger partial charge in [0.2, 0.25) is 0 Å². The Balaban J connectivity index is 2.11. The first kappa shape index (κ1) is 16.8. The molecular formula is C19H14F3NO2. The van der Waals surface area contributed by atoms with Crippen LogP contribution in [0.15, 0.2) is 67.0 Å². The van der Waals surface area contributed by atoms with Crippen molar-refractivity contribution < 1.29 is 22.6 Å². The Bertz CT molecular complexity index is 864. The number of rotatable bonds is 4. The molecule has 3 nitrogen and oxygen atoms in total. The smallest absolute Gasteiger partial charge is 0.417 e. The number of pyridine rings is 1. The summed E-state index contributed by atoms with van der Waals surface area (Å²) in [6.07, 6.45) is -1.36. The molecule has 0 radical (unpaired) electrons. The first-order valence-electron chi connectivity index (χ1n) is 7.42. The van der Waals surface area contributed by atoms with Crippen LogP contribution in [0.5, 0.6) is 17.2 Å². The zero-order valence-electron chi connectivity index (χ0n) is 13.2. The predicted octanol–water partition coefficient (Wildman–Crippen LogP) is 5.57. The highest BCUT2D eigenvalue weighted by Crippen LogP contribution is 2.44. The normalized spacial score (nSPS) is 11.2. The number of nitrogens with zero attached hydrogens (tertiary/aromatic N) is 1. The second-order valence-electron chi connectivity index (χ2n) is 5.17. The molecule has 0 aliphatic carbocycles. The van der Waals surface area contributed by atoms with E-state index in [-0.39, 0.29) is 11.3 Å². The van der Waals surface area contributed by atoms with Gasteiger partial charge in [0, 0.05) is 11.8 Å². The summed E-state index contributed by atoms with van der Waals surface area (Å²) >= 11 is 0. The minimum absolute atomic E-state index is 0.0310. The van der Waals surface area contributed by atoms with Gasteiger partial charge >= 0.3 is 6.18 Å².